The maximum Gasteiger partial charge on any atom is 0.313 e. The van der Waals surface area contributed by atoms with Crippen molar-refractivity contribution in [2.75, 3.05) is 5.75 Å². The minimum absolute atomic E-state index is 0.197. The van der Waals surface area contributed by atoms with E-state index < -0.39 is 0 Å². The molecule has 0 aromatic rings. The van der Waals surface area contributed by atoms with Crippen molar-refractivity contribution in [1.82, 2.24) is 0 Å². The molecular formula is C11H16O3S. The average Bonchev–Trinajstić information content (AvgIpc) is 2.43. The number of carbonyl (C=O) groups is 2. The molecule has 3 nitrogen and oxygen atoms in total. The molecule has 2 heterocycles. The molecule has 0 radical (unpaired) electrons. The highest BCUT2D eigenvalue weighted by molar-refractivity contribution is 8.00. The van der Waals surface area contributed by atoms with Crippen LogP contribution in [0.2, 0.25) is 0 Å². The minimum atomic E-state index is -0.344. The van der Waals surface area contributed by atoms with Gasteiger partial charge in [0, 0.05) is 17.6 Å². The predicted octanol–water partition coefficient (Wildman–Crippen LogP) is 2.00. The first kappa shape index (κ1) is 11.0. The number of ether oxygens (including phenoxy) is 1. The van der Waals surface area contributed by atoms with Crippen molar-refractivity contribution in [3.05, 3.63) is 0 Å². The summed E-state index contributed by atoms with van der Waals surface area (Å²) in [6, 6.07) is 0. The molecule has 84 valence electrons. The molecule has 2 fully saturated rings. The van der Waals surface area contributed by atoms with Gasteiger partial charge < -0.3 is 4.74 Å². The normalized spacial score (nSPS) is 31.7. The second kappa shape index (κ2) is 3.81. The summed E-state index contributed by atoms with van der Waals surface area (Å²) >= 11 is 1.94. The number of hydrogen-bond donors (Lipinski definition) is 0. The van der Waals surface area contributed by atoms with E-state index in [-0.39, 0.29) is 22.6 Å². The number of esters is 2. The first-order chi connectivity index (χ1) is 6.99. The van der Waals surface area contributed by atoms with Crippen LogP contribution in [0.3, 0.4) is 0 Å². The lowest BCUT2D eigenvalue weighted by atomic mass is 9.77. The van der Waals surface area contributed by atoms with Gasteiger partial charge in [0.15, 0.2) is 0 Å². The van der Waals surface area contributed by atoms with E-state index >= 15 is 0 Å². The second-order valence-corrected chi connectivity index (χ2v) is 6.61. The molecule has 0 bridgehead atoms. The molecule has 0 amide bonds. The van der Waals surface area contributed by atoms with Crippen LogP contribution in [0, 0.1) is 11.8 Å². The summed E-state index contributed by atoms with van der Waals surface area (Å²) in [6.07, 6.45) is 1.95. The zero-order valence-electron chi connectivity index (χ0n) is 9.12. The zero-order chi connectivity index (χ0) is 11.1. The Labute approximate surface area is 93.9 Å². The second-order valence-electron chi connectivity index (χ2n) is 4.86. The van der Waals surface area contributed by atoms with E-state index in [2.05, 4.69) is 18.6 Å². The van der Waals surface area contributed by atoms with Crippen molar-refractivity contribution in [3.8, 4) is 0 Å². The summed E-state index contributed by atoms with van der Waals surface area (Å²) < 4.78 is 4.76. The van der Waals surface area contributed by atoms with Crippen LogP contribution in [-0.4, -0.2) is 22.4 Å². The van der Waals surface area contributed by atoms with Crippen LogP contribution < -0.4 is 0 Å². The van der Waals surface area contributed by atoms with E-state index in [4.69, 9.17) is 0 Å². The quantitative estimate of drug-likeness (QED) is 0.508. The fourth-order valence-corrected chi connectivity index (χ4v) is 4.12. The molecule has 1 unspecified atom stereocenters. The Morgan fingerprint density at radius 3 is 2.33 bits per heavy atom. The molecule has 15 heavy (non-hydrogen) atoms. The molecule has 4 heteroatoms. The Morgan fingerprint density at radius 1 is 1.27 bits per heavy atom. The predicted molar refractivity (Wildman–Crippen MR) is 58.5 cm³/mol. The van der Waals surface area contributed by atoms with Crippen LogP contribution in [0.1, 0.15) is 33.1 Å². The molecule has 0 aliphatic carbocycles. The lowest BCUT2D eigenvalue weighted by molar-refractivity contribution is -0.166. The Balaban J connectivity index is 2.10. The summed E-state index contributed by atoms with van der Waals surface area (Å²) in [5.74, 6) is 1.12. The van der Waals surface area contributed by atoms with Gasteiger partial charge in [-0.2, -0.15) is 11.8 Å². The Morgan fingerprint density at radius 2 is 1.87 bits per heavy atom. The number of thioether (sulfide) groups is 1. The van der Waals surface area contributed by atoms with Crippen molar-refractivity contribution in [3.63, 3.8) is 0 Å². The van der Waals surface area contributed by atoms with Gasteiger partial charge in [-0.1, -0.05) is 13.8 Å². The third-order valence-corrected chi connectivity index (χ3v) is 4.94. The Bertz CT molecular complexity index is 282. The van der Waals surface area contributed by atoms with Crippen LogP contribution in [0.25, 0.3) is 0 Å². The third-order valence-electron chi connectivity index (χ3n) is 3.45. The smallest absolute Gasteiger partial charge is 0.313 e. The number of cyclic esters (lactones) is 2. The Kier molecular flexibility index (Phi) is 2.79. The monoisotopic (exact) mass is 228 g/mol. The van der Waals surface area contributed by atoms with E-state index in [1.165, 1.54) is 0 Å². The molecule has 2 saturated heterocycles. The third kappa shape index (κ3) is 2.19. The van der Waals surface area contributed by atoms with Crippen LogP contribution in [0.15, 0.2) is 0 Å². The lowest BCUT2D eigenvalue weighted by Gasteiger charge is -2.34. The summed E-state index contributed by atoms with van der Waals surface area (Å²) in [5, 5.41) is 0. The zero-order valence-corrected chi connectivity index (χ0v) is 9.93. The van der Waals surface area contributed by atoms with Gasteiger partial charge in [0.25, 0.3) is 0 Å². The van der Waals surface area contributed by atoms with Gasteiger partial charge in [-0.25, -0.2) is 0 Å². The van der Waals surface area contributed by atoms with E-state index in [0.29, 0.717) is 18.8 Å². The molecule has 0 saturated carbocycles. The van der Waals surface area contributed by atoms with Gasteiger partial charge in [-0.15, -0.1) is 0 Å². The molecule has 2 aliphatic rings. The van der Waals surface area contributed by atoms with Gasteiger partial charge in [0.1, 0.15) is 0 Å². The van der Waals surface area contributed by atoms with E-state index in [0.717, 1.165) is 12.2 Å². The summed E-state index contributed by atoms with van der Waals surface area (Å²) in [6.45, 7) is 4.42. The van der Waals surface area contributed by atoms with E-state index in [1.54, 1.807) is 0 Å². The van der Waals surface area contributed by atoms with Crippen molar-refractivity contribution in [2.24, 2.45) is 11.8 Å². The van der Waals surface area contributed by atoms with Gasteiger partial charge in [0.2, 0.25) is 0 Å². The van der Waals surface area contributed by atoms with Crippen molar-refractivity contribution in [1.29, 1.82) is 0 Å². The SMILES string of the molecule is CC1(C)SCCC1C1CC(=O)OC(=O)C1. The first-order valence-electron chi connectivity index (χ1n) is 5.36. The highest BCUT2D eigenvalue weighted by Gasteiger charge is 2.43. The number of carbonyl (C=O) groups excluding carboxylic acids is 2. The van der Waals surface area contributed by atoms with Crippen molar-refractivity contribution < 1.29 is 14.3 Å². The molecule has 0 spiro atoms. The van der Waals surface area contributed by atoms with Gasteiger partial charge >= 0.3 is 11.9 Å². The van der Waals surface area contributed by atoms with Crippen molar-refractivity contribution in [2.45, 2.75) is 37.9 Å². The van der Waals surface area contributed by atoms with Crippen LogP contribution in [0.5, 0.6) is 0 Å². The summed E-state index contributed by atoms with van der Waals surface area (Å²) in [7, 11) is 0. The molecule has 1 atom stereocenters. The van der Waals surface area contributed by atoms with E-state index in [1.807, 2.05) is 11.8 Å². The van der Waals surface area contributed by atoms with Gasteiger partial charge in [-0.3, -0.25) is 9.59 Å². The van der Waals surface area contributed by atoms with E-state index in [9.17, 15) is 9.59 Å². The summed E-state index contributed by atoms with van der Waals surface area (Å²) in [5.41, 5.74) is 0. The van der Waals surface area contributed by atoms with Crippen molar-refractivity contribution >= 4 is 23.7 Å². The number of hydrogen-bond acceptors (Lipinski definition) is 4. The molecule has 2 rings (SSSR count). The van der Waals surface area contributed by atoms with Crippen LogP contribution >= 0.6 is 11.8 Å². The molecule has 2 aliphatic heterocycles. The Hall–Kier alpha value is -0.510. The molecule has 0 aromatic heterocycles. The van der Waals surface area contributed by atoms with Crippen LogP contribution in [0.4, 0.5) is 0 Å². The topological polar surface area (TPSA) is 43.4 Å². The highest BCUT2D eigenvalue weighted by Crippen LogP contribution is 2.48. The maximum atomic E-state index is 11.2. The highest BCUT2D eigenvalue weighted by atomic mass is 32.2. The fourth-order valence-electron chi connectivity index (χ4n) is 2.70. The lowest BCUT2D eigenvalue weighted by Crippen LogP contribution is -2.36. The average molecular weight is 228 g/mol. The van der Waals surface area contributed by atoms with Gasteiger partial charge in [-0.05, 0) is 24.0 Å². The molecular weight excluding hydrogens is 212 g/mol. The standard InChI is InChI=1S/C11H16O3S/c1-11(2)8(3-4-15-11)7-5-9(12)14-10(13)6-7/h7-8H,3-6H2,1-2H3. The minimum Gasteiger partial charge on any atom is -0.393 e. The van der Waals surface area contributed by atoms with Gasteiger partial charge in [0.05, 0.1) is 0 Å². The van der Waals surface area contributed by atoms with Crippen LogP contribution in [-0.2, 0) is 14.3 Å². The fraction of sp³-hybridized carbons (Fsp3) is 0.818. The maximum absolute atomic E-state index is 11.2. The first-order valence-corrected chi connectivity index (χ1v) is 6.35. The summed E-state index contributed by atoms with van der Waals surface area (Å²) in [4.78, 5) is 22.4. The largest absolute Gasteiger partial charge is 0.393 e. The molecule has 0 aromatic carbocycles. The molecule has 0 N–H and O–H groups in total. The number of rotatable bonds is 1.